The van der Waals surface area contributed by atoms with Gasteiger partial charge >= 0.3 is 6.09 Å². The van der Waals surface area contributed by atoms with Crippen molar-refractivity contribution in [1.29, 1.82) is 0 Å². The van der Waals surface area contributed by atoms with Gasteiger partial charge in [0.2, 0.25) is 17.7 Å². The Morgan fingerprint density at radius 1 is 1.03 bits per heavy atom. The van der Waals surface area contributed by atoms with Crippen molar-refractivity contribution < 1.29 is 28.7 Å². The second-order valence-electron chi connectivity index (χ2n) is 10.8. The van der Waals surface area contributed by atoms with Crippen molar-refractivity contribution in [3.05, 3.63) is 35.9 Å². The molecule has 3 atom stereocenters. The van der Waals surface area contributed by atoms with E-state index in [2.05, 4.69) is 21.3 Å². The molecular weight excluding hydrogens is 488 g/mol. The lowest BCUT2D eigenvalue weighted by Gasteiger charge is -2.29. The molecule has 3 aliphatic rings. The topological polar surface area (TPSA) is 143 Å². The van der Waals surface area contributed by atoms with Gasteiger partial charge < -0.3 is 30.8 Å². The first-order chi connectivity index (χ1) is 18.4. The molecule has 2 saturated carbocycles. The third-order valence-electron chi connectivity index (χ3n) is 7.85. The molecule has 4 amide bonds. The Bertz CT molecular complexity index is 1010. The Balaban J connectivity index is 1.36. The quantitative estimate of drug-likeness (QED) is 0.307. The fourth-order valence-electron chi connectivity index (χ4n) is 5.38. The van der Waals surface area contributed by atoms with Gasteiger partial charge in [0.1, 0.15) is 24.5 Å². The van der Waals surface area contributed by atoms with Gasteiger partial charge in [0.05, 0.1) is 6.04 Å². The van der Waals surface area contributed by atoms with E-state index in [1.807, 2.05) is 30.3 Å². The molecule has 1 heterocycles. The summed E-state index contributed by atoms with van der Waals surface area (Å²) in [6.07, 6.45) is 7.45. The third-order valence-corrected chi connectivity index (χ3v) is 7.85. The van der Waals surface area contributed by atoms with Gasteiger partial charge in [0, 0.05) is 12.5 Å². The van der Waals surface area contributed by atoms with Crippen LogP contribution in [0.3, 0.4) is 0 Å². The predicted molar refractivity (Wildman–Crippen MR) is 139 cm³/mol. The number of hydrogen-bond donors (Lipinski definition) is 4. The number of ether oxygens (including phenoxy) is 1. The number of benzene rings is 1. The zero-order valence-corrected chi connectivity index (χ0v) is 21.7. The van der Waals surface area contributed by atoms with Crippen molar-refractivity contribution in [2.24, 2.45) is 11.8 Å². The highest BCUT2D eigenvalue weighted by molar-refractivity contribution is 5.96. The Labute approximate surface area is 223 Å². The second kappa shape index (κ2) is 12.9. The predicted octanol–water partition coefficient (Wildman–Crippen LogP) is 2.11. The number of aldehydes is 1. The highest BCUT2D eigenvalue weighted by Gasteiger charge is 2.52. The lowest BCUT2D eigenvalue weighted by atomic mass is 9.84. The standard InChI is InChI=1S/C28H38N4O6/c33-17-22(16-21-11-14-29-24(21)34)30-25(35)23(15-19-7-3-1-4-8-19)31-26(36)28(12-13-28)32-27(37)38-18-20-9-5-2-6-10-20/h2,5-6,9-10,17,19,21-23H,1,3-4,7-8,11-16,18H2,(H,29,34)(H,30,35)(H,31,36)(H,32,37)/t21-,22-,23-/m0/s1. The molecule has 1 saturated heterocycles. The van der Waals surface area contributed by atoms with Crippen LogP contribution in [0, 0.1) is 11.8 Å². The monoisotopic (exact) mass is 526 g/mol. The van der Waals surface area contributed by atoms with Crippen molar-refractivity contribution in [2.45, 2.75) is 88.4 Å². The second-order valence-corrected chi connectivity index (χ2v) is 10.8. The van der Waals surface area contributed by atoms with Crippen LogP contribution < -0.4 is 21.3 Å². The summed E-state index contributed by atoms with van der Waals surface area (Å²) < 4.78 is 5.29. The lowest BCUT2D eigenvalue weighted by molar-refractivity contribution is -0.132. The van der Waals surface area contributed by atoms with Gasteiger partial charge in [-0.1, -0.05) is 62.4 Å². The summed E-state index contributed by atoms with van der Waals surface area (Å²) in [7, 11) is 0. The number of hydrogen-bond acceptors (Lipinski definition) is 6. The fraction of sp³-hybridized carbons (Fsp3) is 0.607. The van der Waals surface area contributed by atoms with Crippen LogP contribution in [0.5, 0.6) is 0 Å². The molecule has 0 aromatic heterocycles. The van der Waals surface area contributed by atoms with Crippen LogP contribution >= 0.6 is 0 Å². The Kier molecular flexibility index (Phi) is 9.36. The minimum absolute atomic E-state index is 0.0865. The number of carbonyl (C=O) groups is 5. The van der Waals surface area contributed by atoms with E-state index in [-0.39, 0.29) is 30.8 Å². The zero-order valence-electron chi connectivity index (χ0n) is 21.7. The molecule has 1 aliphatic heterocycles. The van der Waals surface area contributed by atoms with Crippen LogP contribution in [0.25, 0.3) is 0 Å². The summed E-state index contributed by atoms with van der Waals surface area (Å²) in [5, 5.41) is 11.0. The molecule has 38 heavy (non-hydrogen) atoms. The van der Waals surface area contributed by atoms with Gasteiger partial charge in [0.15, 0.2) is 0 Å². The minimum Gasteiger partial charge on any atom is -0.445 e. The van der Waals surface area contributed by atoms with Crippen molar-refractivity contribution in [3.8, 4) is 0 Å². The molecule has 0 spiro atoms. The van der Waals surface area contributed by atoms with E-state index in [1.54, 1.807) is 0 Å². The van der Waals surface area contributed by atoms with E-state index >= 15 is 0 Å². The summed E-state index contributed by atoms with van der Waals surface area (Å²) in [6.45, 7) is 0.648. The summed E-state index contributed by atoms with van der Waals surface area (Å²) in [4.78, 5) is 62.7. The summed E-state index contributed by atoms with van der Waals surface area (Å²) >= 11 is 0. The summed E-state index contributed by atoms with van der Waals surface area (Å²) in [5.74, 6) is -1.02. The molecule has 1 aromatic carbocycles. The molecular formula is C28H38N4O6. The van der Waals surface area contributed by atoms with Crippen molar-refractivity contribution in [3.63, 3.8) is 0 Å². The van der Waals surface area contributed by atoms with E-state index in [1.165, 1.54) is 0 Å². The largest absolute Gasteiger partial charge is 0.445 e. The molecule has 0 unspecified atom stereocenters. The highest BCUT2D eigenvalue weighted by atomic mass is 16.5. The molecule has 4 rings (SSSR count). The number of alkyl carbamates (subject to hydrolysis) is 1. The summed E-state index contributed by atoms with van der Waals surface area (Å²) in [5.41, 5.74) is -0.272. The SMILES string of the molecule is O=C[C@H](C[C@@H]1CCNC1=O)NC(=O)[C@H](CC1CCCCC1)NC(=O)C1(NC(=O)OCc2ccccc2)CC1. The van der Waals surface area contributed by atoms with Crippen LogP contribution in [0.15, 0.2) is 30.3 Å². The fourth-order valence-corrected chi connectivity index (χ4v) is 5.38. The smallest absolute Gasteiger partial charge is 0.408 e. The number of nitrogens with one attached hydrogen (secondary N) is 4. The van der Waals surface area contributed by atoms with Gasteiger partial charge in [-0.3, -0.25) is 14.4 Å². The van der Waals surface area contributed by atoms with E-state index in [0.29, 0.717) is 38.5 Å². The molecule has 0 bridgehead atoms. The average Bonchev–Trinajstić information content (AvgIpc) is 3.61. The van der Waals surface area contributed by atoms with Gasteiger partial charge in [-0.15, -0.1) is 0 Å². The van der Waals surface area contributed by atoms with Gasteiger partial charge in [0.25, 0.3) is 0 Å². The van der Waals surface area contributed by atoms with Gasteiger partial charge in [-0.2, -0.15) is 0 Å². The average molecular weight is 527 g/mol. The first kappa shape index (κ1) is 27.6. The number of amides is 4. The Morgan fingerprint density at radius 3 is 2.39 bits per heavy atom. The Hall–Kier alpha value is -3.43. The van der Waals surface area contributed by atoms with Crippen LogP contribution in [0.4, 0.5) is 4.79 Å². The van der Waals surface area contributed by atoms with Gasteiger partial charge in [-0.05, 0) is 43.6 Å². The minimum atomic E-state index is -1.11. The van der Waals surface area contributed by atoms with Crippen LogP contribution in [-0.2, 0) is 30.5 Å². The molecule has 0 radical (unpaired) electrons. The van der Waals surface area contributed by atoms with E-state index in [0.717, 1.165) is 37.7 Å². The maximum Gasteiger partial charge on any atom is 0.408 e. The highest BCUT2D eigenvalue weighted by Crippen LogP contribution is 2.36. The maximum absolute atomic E-state index is 13.3. The zero-order chi connectivity index (χ0) is 27.0. The Morgan fingerprint density at radius 2 is 1.76 bits per heavy atom. The molecule has 2 aliphatic carbocycles. The molecule has 1 aromatic rings. The van der Waals surface area contributed by atoms with Crippen molar-refractivity contribution in [1.82, 2.24) is 21.3 Å². The maximum atomic E-state index is 13.3. The third kappa shape index (κ3) is 7.55. The molecule has 3 fully saturated rings. The van der Waals surface area contributed by atoms with E-state index in [4.69, 9.17) is 4.74 Å². The molecule has 10 heteroatoms. The van der Waals surface area contributed by atoms with E-state index in [9.17, 15) is 24.0 Å². The molecule has 10 nitrogen and oxygen atoms in total. The first-order valence-electron chi connectivity index (χ1n) is 13.7. The molecule has 206 valence electrons. The van der Waals surface area contributed by atoms with Crippen LogP contribution in [-0.4, -0.2) is 54.3 Å². The van der Waals surface area contributed by atoms with Crippen molar-refractivity contribution in [2.75, 3.05) is 6.54 Å². The van der Waals surface area contributed by atoms with Crippen LogP contribution in [0.1, 0.15) is 69.8 Å². The summed E-state index contributed by atoms with van der Waals surface area (Å²) in [6, 6.07) is 7.59. The number of carbonyl (C=O) groups excluding carboxylic acids is 5. The lowest BCUT2D eigenvalue weighted by Crippen LogP contribution is -2.57. The van der Waals surface area contributed by atoms with Crippen LogP contribution in [0.2, 0.25) is 0 Å². The number of rotatable bonds is 12. The normalized spacial score (nSPS) is 21.9. The van der Waals surface area contributed by atoms with E-state index < -0.39 is 35.5 Å². The van der Waals surface area contributed by atoms with Crippen molar-refractivity contribution >= 4 is 30.1 Å². The first-order valence-corrected chi connectivity index (χ1v) is 13.7. The molecule has 4 N–H and O–H groups in total. The van der Waals surface area contributed by atoms with Gasteiger partial charge in [-0.25, -0.2) is 4.79 Å².